The fourth-order valence-electron chi connectivity index (χ4n) is 3.37. The Morgan fingerprint density at radius 2 is 2.19 bits per heavy atom. The van der Waals surface area contributed by atoms with Gasteiger partial charge in [-0.25, -0.2) is 9.97 Å². The first-order valence-electron chi connectivity index (χ1n) is 8.75. The molecule has 0 aliphatic carbocycles. The van der Waals surface area contributed by atoms with Crippen LogP contribution in [0.3, 0.4) is 0 Å². The van der Waals surface area contributed by atoms with Crippen LogP contribution in [0.5, 0.6) is 0 Å². The number of hydrogen-bond acceptors (Lipinski definition) is 5. The summed E-state index contributed by atoms with van der Waals surface area (Å²) in [7, 11) is 0. The van der Waals surface area contributed by atoms with Crippen molar-refractivity contribution in [3.8, 4) is 0 Å². The first-order valence-corrected chi connectivity index (χ1v) is 9.13. The number of rotatable bonds is 3. The highest BCUT2D eigenvalue weighted by Crippen LogP contribution is 2.33. The van der Waals surface area contributed by atoms with E-state index in [1.165, 1.54) is 6.20 Å². The topological polar surface area (TPSA) is 87.2 Å². The molecule has 0 unspecified atom stereocenters. The van der Waals surface area contributed by atoms with Gasteiger partial charge in [-0.1, -0.05) is 18.5 Å². The lowest BCUT2D eigenvalue weighted by Crippen LogP contribution is -2.46. The zero-order valence-corrected chi connectivity index (χ0v) is 15.4. The summed E-state index contributed by atoms with van der Waals surface area (Å²) in [6.45, 7) is 5.55. The summed E-state index contributed by atoms with van der Waals surface area (Å²) in [4.78, 5) is 35.3. The number of nitrogens with zero attached hydrogens (tertiary/aromatic N) is 3. The van der Waals surface area contributed by atoms with Crippen LogP contribution >= 0.6 is 11.6 Å². The predicted octanol–water partition coefficient (Wildman–Crippen LogP) is 1.75. The van der Waals surface area contributed by atoms with Crippen LogP contribution in [0.2, 0.25) is 5.02 Å². The Morgan fingerprint density at radius 1 is 1.38 bits per heavy atom. The Labute approximate surface area is 156 Å². The van der Waals surface area contributed by atoms with Crippen molar-refractivity contribution in [2.24, 2.45) is 5.92 Å². The van der Waals surface area contributed by atoms with Gasteiger partial charge in [-0.05, 0) is 25.5 Å². The van der Waals surface area contributed by atoms with E-state index in [1.807, 2.05) is 6.92 Å². The van der Waals surface area contributed by atoms with E-state index in [-0.39, 0.29) is 17.7 Å². The number of nitrogens with one attached hydrogen (secondary N) is 2. The molecule has 3 atom stereocenters. The monoisotopic (exact) mass is 373 g/mol. The number of carbonyl (C=O) groups excluding carboxylic acids is 2. The molecule has 2 aromatic rings. The van der Waals surface area contributed by atoms with Gasteiger partial charge in [-0.15, -0.1) is 0 Å². The van der Waals surface area contributed by atoms with Gasteiger partial charge in [0, 0.05) is 36.6 Å². The first kappa shape index (κ1) is 17.0. The molecule has 7 nitrogen and oxygen atoms in total. The molecular weight excluding hydrogens is 354 g/mol. The number of halogens is 1. The summed E-state index contributed by atoms with van der Waals surface area (Å²) >= 11 is 6.40. The fourth-order valence-corrected chi connectivity index (χ4v) is 3.63. The highest BCUT2D eigenvalue weighted by molar-refractivity contribution is 6.33. The van der Waals surface area contributed by atoms with Crippen LogP contribution in [0.4, 0.5) is 5.82 Å². The molecule has 8 heteroatoms. The van der Waals surface area contributed by atoms with E-state index in [9.17, 15) is 9.59 Å². The zero-order valence-electron chi connectivity index (χ0n) is 14.6. The van der Waals surface area contributed by atoms with Gasteiger partial charge in [0.15, 0.2) is 5.65 Å². The molecule has 2 amide bonds. The van der Waals surface area contributed by atoms with Crippen molar-refractivity contribution in [2.75, 3.05) is 18.0 Å². The lowest BCUT2D eigenvalue weighted by Gasteiger charge is -2.40. The molecular formula is C18H20ClN5O2. The number of amides is 2. The zero-order chi connectivity index (χ0) is 18.4. The minimum absolute atomic E-state index is 0.0528. The molecule has 2 fully saturated rings. The molecule has 2 saturated heterocycles. The Hall–Kier alpha value is -2.41. The van der Waals surface area contributed by atoms with E-state index in [0.717, 1.165) is 18.8 Å². The van der Waals surface area contributed by atoms with E-state index in [2.05, 4.69) is 32.4 Å². The van der Waals surface area contributed by atoms with Gasteiger partial charge in [-0.3, -0.25) is 9.59 Å². The summed E-state index contributed by atoms with van der Waals surface area (Å²) in [5.41, 5.74) is 0.930. The number of carbonyl (C=O) groups is 2. The molecule has 2 N–H and O–H groups in total. The second kappa shape index (κ2) is 6.39. The largest absolute Gasteiger partial charge is 0.354 e. The standard InChI is InChI=1S/C18H20ClN5O2/c1-9-7-21-18(26)14(9)22-17(25)12-5-11-6-13(19)16(23-15(11)20-8-12)24-4-3-10(24)2/h5-6,8-10,14H,3-4,7H2,1-2H3,(H,21,26)(H,22,25)/t9-,10+,14+/m1/s1. The SMILES string of the molecule is C[C@@H]1CNC(=O)[C@H]1NC(=O)c1cnc2nc(N3CC[C@@H]3C)c(Cl)cc2c1. The highest BCUT2D eigenvalue weighted by Gasteiger charge is 2.33. The van der Waals surface area contributed by atoms with Gasteiger partial charge in [0.25, 0.3) is 5.91 Å². The molecule has 0 aromatic carbocycles. The molecule has 2 aromatic heterocycles. The molecule has 0 spiro atoms. The molecule has 2 aliphatic heterocycles. The second-order valence-electron chi connectivity index (χ2n) is 7.07. The quantitative estimate of drug-likeness (QED) is 0.855. The van der Waals surface area contributed by atoms with Crippen molar-refractivity contribution in [2.45, 2.75) is 32.4 Å². The average molecular weight is 374 g/mol. The average Bonchev–Trinajstić information content (AvgIpc) is 2.92. The van der Waals surface area contributed by atoms with Gasteiger partial charge in [0.1, 0.15) is 11.9 Å². The van der Waals surface area contributed by atoms with E-state index in [4.69, 9.17) is 11.6 Å². The van der Waals surface area contributed by atoms with Crippen LogP contribution in [0.1, 0.15) is 30.6 Å². The number of aromatic nitrogens is 2. The van der Waals surface area contributed by atoms with E-state index in [1.54, 1.807) is 12.1 Å². The normalized spacial score (nSPS) is 25.1. The number of hydrogen-bond donors (Lipinski definition) is 2. The van der Waals surface area contributed by atoms with E-state index < -0.39 is 6.04 Å². The predicted molar refractivity (Wildman–Crippen MR) is 99.4 cm³/mol. The van der Waals surface area contributed by atoms with Crippen molar-refractivity contribution < 1.29 is 9.59 Å². The number of anilines is 1. The van der Waals surface area contributed by atoms with Crippen LogP contribution < -0.4 is 15.5 Å². The third kappa shape index (κ3) is 2.86. The van der Waals surface area contributed by atoms with Crippen molar-refractivity contribution in [3.63, 3.8) is 0 Å². The van der Waals surface area contributed by atoms with Crippen LogP contribution in [-0.4, -0.2) is 47.0 Å². The van der Waals surface area contributed by atoms with Crippen molar-refractivity contribution in [1.29, 1.82) is 0 Å². The van der Waals surface area contributed by atoms with E-state index in [0.29, 0.717) is 34.2 Å². The van der Waals surface area contributed by atoms with Gasteiger partial charge in [-0.2, -0.15) is 0 Å². The van der Waals surface area contributed by atoms with Crippen LogP contribution in [0, 0.1) is 5.92 Å². The molecule has 0 saturated carbocycles. The van der Waals surface area contributed by atoms with Crippen molar-refractivity contribution in [3.05, 3.63) is 28.9 Å². The van der Waals surface area contributed by atoms with Crippen molar-refractivity contribution >= 4 is 40.3 Å². The Bertz CT molecular complexity index is 903. The molecule has 136 valence electrons. The van der Waals surface area contributed by atoms with Crippen molar-refractivity contribution in [1.82, 2.24) is 20.6 Å². The van der Waals surface area contributed by atoms with Gasteiger partial charge < -0.3 is 15.5 Å². The minimum Gasteiger partial charge on any atom is -0.354 e. The molecule has 0 bridgehead atoms. The number of pyridine rings is 2. The molecule has 4 rings (SSSR count). The smallest absolute Gasteiger partial charge is 0.253 e. The molecule has 4 heterocycles. The summed E-state index contributed by atoms with van der Waals surface area (Å²) in [5, 5.41) is 6.76. The Balaban J connectivity index is 1.60. The highest BCUT2D eigenvalue weighted by atomic mass is 35.5. The maximum atomic E-state index is 12.5. The van der Waals surface area contributed by atoms with Gasteiger partial charge in [0.05, 0.1) is 10.6 Å². The fraction of sp³-hybridized carbons (Fsp3) is 0.444. The maximum Gasteiger partial charge on any atom is 0.253 e. The summed E-state index contributed by atoms with van der Waals surface area (Å²) in [5.74, 6) is 0.304. The lowest BCUT2D eigenvalue weighted by atomic mass is 10.1. The molecule has 0 radical (unpaired) electrons. The third-order valence-corrected chi connectivity index (χ3v) is 5.47. The minimum atomic E-state index is -0.518. The number of fused-ring (bicyclic) bond motifs is 1. The summed E-state index contributed by atoms with van der Waals surface area (Å²) < 4.78 is 0. The maximum absolute atomic E-state index is 12.5. The van der Waals surface area contributed by atoms with E-state index >= 15 is 0 Å². The van der Waals surface area contributed by atoms with Crippen LogP contribution in [0.25, 0.3) is 11.0 Å². The van der Waals surface area contributed by atoms with Gasteiger partial charge in [0.2, 0.25) is 5.91 Å². The van der Waals surface area contributed by atoms with Crippen LogP contribution in [0.15, 0.2) is 18.3 Å². The van der Waals surface area contributed by atoms with Gasteiger partial charge >= 0.3 is 0 Å². The third-order valence-electron chi connectivity index (χ3n) is 5.19. The molecule has 2 aliphatic rings. The second-order valence-corrected chi connectivity index (χ2v) is 7.48. The Kier molecular flexibility index (Phi) is 4.19. The summed E-state index contributed by atoms with van der Waals surface area (Å²) in [6.07, 6.45) is 2.61. The Morgan fingerprint density at radius 3 is 2.81 bits per heavy atom. The molecule has 26 heavy (non-hydrogen) atoms. The first-order chi connectivity index (χ1) is 12.4. The summed E-state index contributed by atoms with van der Waals surface area (Å²) in [6, 6.07) is 3.40. The lowest BCUT2D eigenvalue weighted by molar-refractivity contribution is -0.121. The van der Waals surface area contributed by atoms with Crippen LogP contribution in [-0.2, 0) is 4.79 Å².